The van der Waals surface area contributed by atoms with Crippen molar-refractivity contribution in [2.24, 2.45) is 12.5 Å². The number of rotatable bonds is 3. The van der Waals surface area contributed by atoms with E-state index in [0.717, 1.165) is 5.69 Å². The number of aliphatic carboxylic acids is 1. The van der Waals surface area contributed by atoms with Crippen LogP contribution in [0, 0.1) is 5.41 Å². The molecular formula is C9H14N2O2. The topological polar surface area (TPSA) is 55.1 Å². The van der Waals surface area contributed by atoms with Gasteiger partial charge < -0.3 is 5.11 Å². The molecule has 0 aliphatic heterocycles. The van der Waals surface area contributed by atoms with E-state index in [9.17, 15) is 4.79 Å². The molecule has 0 amide bonds. The number of hydrogen-bond acceptors (Lipinski definition) is 2. The Labute approximate surface area is 77.2 Å². The van der Waals surface area contributed by atoms with Gasteiger partial charge in [0.15, 0.2) is 0 Å². The minimum atomic E-state index is -0.784. The van der Waals surface area contributed by atoms with E-state index in [0.29, 0.717) is 6.42 Å². The third-order valence-electron chi connectivity index (χ3n) is 2.12. The van der Waals surface area contributed by atoms with Gasteiger partial charge in [0.25, 0.3) is 0 Å². The maximum absolute atomic E-state index is 10.8. The van der Waals surface area contributed by atoms with Gasteiger partial charge in [0.2, 0.25) is 0 Å². The minimum absolute atomic E-state index is 0.499. The first kappa shape index (κ1) is 9.77. The molecule has 72 valence electrons. The highest BCUT2D eigenvalue weighted by Crippen LogP contribution is 2.21. The molecule has 0 aliphatic rings. The minimum Gasteiger partial charge on any atom is -0.481 e. The summed E-state index contributed by atoms with van der Waals surface area (Å²) in [4.78, 5) is 10.8. The zero-order chi connectivity index (χ0) is 10.1. The Bertz CT molecular complexity index is 315. The summed E-state index contributed by atoms with van der Waals surface area (Å²) in [6.45, 7) is 3.42. The summed E-state index contributed by atoms with van der Waals surface area (Å²) in [5.41, 5.74) is 0.209. The van der Waals surface area contributed by atoms with Crippen LogP contribution in [0.3, 0.4) is 0 Å². The van der Waals surface area contributed by atoms with Crippen LogP contribution in [0.2, 0.25) is 0 Å². The monoisotopic (exact) mass is 182 g/mol. The van der Waals surface area contributed by atoms with Crippen molar-refractivity contribution in [2.75, 3.05) is 0 Å². The van der Waals surface area contributed by atoms with Crippen molar-refractivity contribution in [3.05, 3.63) is 18.0 Å². The molecule has 4 nitrogen and oxygen atoms in total. The van der Waals surface area contributed by atoms with Gasteiger partial charge in [-0.2, -0.15) is 5.10 Å². The number of carboxylic acid groups (broad SMARTS) is 1. The standard InChI is InChI=1S/C9H14N2O2/c1-9(2,8(12)13)6-7-4-5-10-11(7)3/h4-5H,6H2,1-3H3,(H,12,13). The third kappa shape index (κ3) is 2.08. The molecule has 0 saturated heterocycles. The number of carboxylic acids is 1. The molecule has 4 heteroatoms. The lowest BCUT2D eigenvalue weighted by atomic mass is 9.88. The molecule has 0 atom stereocenters. The molecule has 1 heterocycles. The van der Waals surface area contributed by atoms with Gasteiger partial charge in [0, 0.05) is 25.4 Å². The van der Waals surface area contributed by atoms with E-state index < -0.39 is 11.4 Å². The van der Waals surface area contributed by atoms with E-state index in [4.69, 9.17) is 5.11 Å². The van der Waals surface area contributed by atoms with Gasteiger partial charge in [-0.1, -0.05) is 0 Å². The van der Waals surface area contributed by atoms with Crippen LogP contribution in [-0.4, -0.2) is 20.9 Å². The predicted octanol–water partition coefficient (Wildman–Crippen LogP) is 1.07. The van der Waals surface area contributed by atoms with Crippen LogP contribution in [0.4, 0.5) is 0 Å². The van der Waals surface area contributed by atoms with Crippen LogP contribution in [0.5, 0.6) is 0 Å². The number of hydrogen-bond donors (Lipinski definition) is 1. The number of aryl methyl sites for hydroxylation is 1. The smallest absolute Gasteiger partial charge is 0.309 e. The third-order valence-corrected chi connectivity index (χ3v) is 2.12. The molecule has 0 spiro atoms. The molecule has 0 radical (unpaired) electrons. The summed E-state index contributed by atoms with van der Waals surface area (Å²) in [5, 5.41) is 12.9. The fraction of sp³-hybridized carbons (Fsp3) is 0.556. The predicted molar refractivity (Wildman–Crippen MR) is 48.3 cm³/mol. The second kappa shape index (κ2) is 3.20. The second-order valence-electron chi connectivity index (χ2n) is 3.81. The fourth-order valence-corrected chi connectivity index (χ4v) is 1.10. The van der Waals surface area contributed by atoms with Crippen LogP contribution >= 0.6 is 0 Å². The van der Waals surface area contributed by atoms with Crippen molar-refractivity contribution in [3.63, 3.8) is 0 Å². The van der Waals surface area contributed by atoms with Crippen molar-refractivity contribution in [1.82, 2.24) is 9.78 Å². The van der Waals surface area contributed by atoms with Crippen molar-refractivity contribution in [2.45, 2.75) is 20.3 Å². The summed E-state index contributed by atoms with van der Waals surface area (Å²) in [7, 11) is 1.81. The zero-order valence-corrected chi connectivity index (χ0v) is 8.11. The highest BCUT2D eigenvalue weighted by atomic mass is 16.4. The fourth-order valence-electron chi connectivity index (χ4n) is 1.10. The quantitative estimate of drug-likeness (QED) is 0.760. The molecule has 1 N–H and O–H groups in total. The summed E-state index contributed by atoms with van der Waals surface area (Å²) in [6.07, 6.45) is 2.17. The Balaban J connectivity index is 2.80. The molecule has 1 aromatic rings. The number of aromatic nitrogens is 2. The van der Waals surface area contributed by atoms with Crippen molar-refractivity contribution >= 4 is 5.97 Å². The Morgan fingerprint density at radius 3 is 2.69 bits per heavy atom. The first-order valence-electron chi connectivity index (χ1n) is 4.14. The van der Waals surface area contributed by atoms with E-state index >= 15 is 0 Å². The van der Waals surface area contributed by atoms with E-state index in [-0.39, 0.29) is 0 Å². The normalized spacial score (nSPS) is 11.6. The van der Waals surface area contributed by atoms with Gasteiger partial charge in [-0.3, -0.25) is 9.48 Å². The van der Waals surface area contributed by atoms with E-state index in [2.05, 4.69) is 5.10 Å². The molecule has 13 heavy (non-hydrogen) atoms. The van der Waals surface area contributed by atoms with Gasteiger partial charge in [-0.05, 0) is 19.9 Å². The summed E-state index contributed by atoms with van der Waals surface area (Å²) < 4.78 is 1.70. The molecule has 0 unspecified atom stereocenters. The lowest BCUT2D eigenvalue weighted by Gasteiger charge is -2.18. The van der Waals surface area contributed by atoms with Crippen LogP contribution in [-0.2, 0) is 18.3 Å². The second-order valence-corrected chi connectivity index (χ2v) is 3.81. The van der Waals surface area contributed by atoms with E-state index in [1.54, 1.807) is 24.7 Å². The molecule has 1 aromatic heterocycles. The first-order chi connectivity index (χ1) is 5.93. The Kier molecular flexibility index (Phi) is 2.40. The largest absolute Gasteiger partial charge is 0.481 e. The van der Waals surface area contributed by atoms with Crippen LogP contribution in [0.15, 0.2) is 12.3 Å². The molecule has 1 rings (SSSR count). The Morgan fingerprint density at radius 1 is 1.69 bits per heavy atom. The zero-order valence-electron chi connectivity index (χ0n) is 8.11. The van der Waals surface area contributed by atoms with Gasteiger partial charge in [-0.25, -0.2) is 0 Å². The molecule has 0 bridgehead atoms. The highest BCUT2D eigenvalue weighted by Gasteiger charge is 2.28. The molecule has 0 saturated carbocycles. The summed E-state index contributed by atoms with van der Waals surface area (Å²) in [6, 6.07) is 1.84. The summed E-state index contributed by atoms with van der Waals surface area (Å²) >= 11 is 0. The Hall–Kier alpha value is -1.32. The lowest BCUT2D eigenvalue weighted by molar-refractivity contribution is -0.146. The van der Waals surface area contributed by atoms with Crippen molar-refractivity contribution in [1.29, 1.82) is 0 Å². The highest BCUT2D eigenvalue weighted by molar-refractivity contribution is 5.73. The van der Waals surface area contributed by atoms with Crippen LogP contribution in [0.25, 0.3) is 0 Å². The first-order valence-corrected chi connectivity index (χ1v) is 4.14. The SMILES string of the molecule is Cn1nccc1CC(C)(C)C(=O)O. The Morgan fingerprint density at radius 2 is 2.31 bits per heavy atom. The summed E-state index contributed by atoms with van der Waals surface area (Å²) in [5.74, 6) is -0.784. The lowest BCUT2D eigenvalue weighted by Crippen LogP contribution is -2.27. The molecule has 0 aromatic carbocycles. The van der Waals surface area contributed by atoms with Gasteiger partial charge in [0.05, 0.1) is 5.41 Å². The molecular weight excluding hydrogens is 168 g/mol. The van der Waals surface area contributed by atoms with Gasteiger partial charge in [0.1, 0.15) is 0 Å². The number of carbonyl (C=O) groups is 1. The maximum atomic E-state index is 10.8. The maximum Gasteiger partial charge on any atom is 0.309 e. The van der Waals surface area contributed by atoms with Crippen molar-refractivity contribution < 1.29 is 9.90 Å². The van der Waals surface area contributed by atoms with Crippen molar-refractivity contribution in [3.8, 4) is 0 Å². The van der Waals surface area contributed by atoms with E-state index in [1.165, 1.54) is 0 Å². The average molecular weight is 182 g/mol. The van der Waals surface area contributed by atoms with Gasteiger partial charge in [-0.15, -0.1) is 0 Å². The van der Waals surface area contributed by atoms with Gasteiger partial charge >= 0.3 is 5.97 Å². The van der Waals surface area contributed by atoms with Crippen LogP contribution in [0.1, 0.15) is 19.5 Å². The number of nitrogens with zero attached hydrogens (tertiary/aromatic N) is 2. The average Bonchev–Trinajstić information content (AvgIpc) is 2.35. The van der Waals surface area contributed by atoms with E-state index in [1.807, 2.05) is 13.1 Å². The molecule has 0 fully saturated rings. The van der Waals surface area contributed by atoms with Crippen LogP contribution < -0.4 is 0 Å². The molecule has 0 aliphatic carbocycles.